The lowest BCUT2D eigenvalue weighted by molar-refractivity contribution is 0.478. The Balaban J connectivity index is 2.04. The highest BCUT2D eigenvalue weighted by molar-refractivity contribution is 7.10. The van der Waals surface area contributed by atoms with Crippen LogP contribution in [0.2, 0.25) is 0 Å². The van der Waals surface area contributed by atoms with Crippen molar-refractivity contribution in [3.63, 3.8) is 0 Å². The Bertz CT molecular complexity index is 305. The van der Waals surface area contributed by atoms with Crippen LogP contribution < -0.4 is 5.32 Å². The van der Waals surface area contributed by atoms with E-state index in [9.17, 15) is 0 Å². The highest BCUT2D eigenvalue weighted by Gasteiger charge is 2.29. The Labute approximate surface area is 96.9 Å². The van der Waals surface area contributed by atoms with Gasteiger partial charge in [-0.2, -0.15) is 0 Å². The molecule has 1 fully saturated rings. The molecule has 2 unspecified atom stereocenters. The van der Waals surface area contributed by atoms with Crippen LogP contribution in [0.1, 0.15) is 49.0 Å². The van der Waals surface area contributed by atoms with Gasteiger partial charge < -0.3 is 5.32 Å². The van der Waals surface area contributed by atoms with Crippen molar-refractivity contribution in [3.05, 3.63) is 21.9 Å². The molecule has 0 aliphatic heterocycles. The minimum absolute atomic E-state index is 0.734. The number of nitrogens with one attached hydrogen (secondary N) is 1. The fourth-order valence-electron chi connectivity index (χ4n) is 2.69. The Morgan fingerprint density at radius 2 is 2.33 bits per heavy atom. The van der Waals surface area contributed by atoms with Gasteiger partial charge >= 0.3 is 0 Å². The van der Waals surface area contributed by atoms with Gasteiger partial charge in [0.2, 0.25) is 0 Å². The molecule has 0 bridgehead atoms. The Morgan fingerprint density at radius 3 is 3.00 bits per heavy atom. The molecule has 0 aromatic carbocycles. The summed E-state index contributed by atoms with van der Waals surface area (Å²) in [7, 11) is 0. The molecule has 1 nitrogen and oxygen atoms in total. The quantitative estimate of drug-likeness (QED) is 0.821. The van der Waals surface area contributed by atoms with Crippen molar-refractivity contribution in [3.8, 4) is 0 Å². The summed E-state index contributed by atoms with van der Waals surface area (Å²) in [5.74, 6) is 0.780. The van der Waals surface area contributed by atoms with Crippen LogP contribution in [0.5, 0.6) is 0 Å². The fourth-order valence-corrected chi connectivity index (χ4v) is 3.46. The molecule has 1 saturated carbocycles. The summed E-state index contributed by atoms with van der Waals surface area (Å²) in [4.78, 5) is 1.52. The largest absolute Gasteiger partial charge is 0.313 e. The average Bonchev–Trinajstić information content (AvgIpc) is 2.82. The lowest BCUT2D eigenvalue weighted by Gasteiger charge is -2.21. The van der Waals surface area contributed by atoms with Crippen molar-refractivity contribution in [2.75, 3.05) is 6.54 Å². The van der Waals surface area contributed by atoms with Crippen LogP contribution in [0.25, 0.3) is 0 Å². The third kappa shape index (κ3) is 2.43. The zero-order chi connectivity index (χ0) is 10.7. The molecule has 15 heavy (non-hydrogen) atoms. The van der Waals surface area contributed by atoms with E-state index < -0.39 is 0 Å². The van der Waals surface area contributed by atoms with E-state index in [1.54, 1.807) is 5.56 Å². The van der Waals surface area contributed by atoms with Crippen LogP contribution in [0.3, 0.4) is 0 Å². The van der Waals surface area contributed by atoms with Crippen LogP contribution in [-0.4, -0.2) is 12.6 Å². The third-order valence-electron chi connectivity index (χ3n) is 3.47. The van der Waals surface area contributed by atoms with Gasteiger partial charge in [-0.05, 0) is 49.7 Å². The molecule has 84 valence electrons. The van der Waals surface area contributed by atoms with Crippen LogP contribution in [0.15, 0.2) is 11.4 Å². The first-order chi connectivity index (χ1) is 7.33. The van der Waals surface area contributed by atoms with Crippen LogP contribution in [0.4, 0.5) is 0 Å². The van der Waals surface area contributed by atoms with Crippen molar-refractivity contribution in [1.82, 2.24) is 5.32 Å². The van der Waals surface area contributed by atoms with Gasteiger partial charge in [-0.25, -0.2) is 0 Å². The van der Waals surface area contributed by atoms with Gasteiger partial charge in [0.05, 0.1) is 0 Å². The predicted octanol–water partition coefficient (Wildman–Crippen LogP) is 3.69. The van der Waals surface area contributed by atoms with Gasteiger partial charge in [-0.3, -0.25) is 0 Å². The van der Waals surface area contributed by atoms with Gasteiger partial charge in [0.1, 0.15) is 0 Å². The molecule has 1 aromatic rings. The smallest absolute Gasteiger partial charge is 0.0136 e. The highest BCUT2D eigenvalue weighted by Crippen LogP contribution is 2.37. The second-order valence-corrected chi connectivity index (χ2v) is 5.65. The number of aryl methyl sites for hydroxylation is 1. The van der Waals surface area contributed by atoms with Gasteiger partial charge in [0, 0.05) is 16.8 Å². The monoisotopic (exact) mass is 223 g/mol. The summed E-state index contributed by atoms with van der Waals surface area (Å²) >= 11 is 1.89. The maximum Gasteiger partial charge on any atom is 0.0136 e. The minimum Gasteiger partial charge on any atom is -0.313 e. The van der Waals surface area contributed by atoms with E-state index in [-0.39, 0.29) is 0 Å². The predicted molar refractivity (Wildman–Crippen MR) is 67.7 cm³/mol. The van der Waals surface area contributed by atoms with Gasteiger partial charge in [0.25, 0.3) is 0 Å². The summed E-state index contributed by atoms with van der Waals surface area (Å²) < 4.78 is 0. The molecule has 1 heterocycles. The molecule has 2 atom stereocenters. The highest BCUT2D eigenvalue weighted by atomic mass is 32.1. The van der Waals surface area contributed by atoms with Crippen LogP contribution >= 0.6 is 11.3 Å². The third-order valence-corrected chi connectivity index (χ3v) is 4.33. The van der Waals surface area contributed by atoms with Crippen LogP contribution in [0, 0.1) is 6.92 Å². The molecule has 1 aromatic heterocycles. The molecule has 2 rings (SSSR count). The minimum atomic E-state index is 0.734. The maximum atomic E-state index is 3.70. The normalized spacial score (nSPS) is 26.0. The molecule has 0 amide bonds. The summed E-state index contributed by atoms with van der Waals surface area (Å²) in [6.45, 7) is 5.67. The van der Waals surface area contributed by atoms with Crippen molar-refractivity contribution in [1.29, 1.82) is 0 Å². The molecular formula is C13H21NS. The van der Waals surface area contributed by atoms with Crippen LogP contribution in [-0.2, 0) is 0 Å². The Morgan fingerprint density at radius 1 is 1.47 bits per heavy atom. The van der Waals surface area contributed by atoms with Crippen molar-refractivity contribution < 1.29 is 0 Å². The first-order valence-electron chi connectivity index (χ1n) is 6.10. The second kappa shape index (κ2) is 5.13. The first-order valence-corrected chi connectivity index (χ1v) is 6.98. The molecule has 1 N–H and O–H groups in total. The fraction of sp³-hybridized carbons (Fsp3) is 0.692. The van der Waals surface area contributed by atoms with E-state index in [0.717, 1.165) is 12.0 Å². The number of hydrogen-bond donors (Lipinski definition) is 1. The summed E-state index contributed by atoms with van der Waals surface area (Å²) in [6.07, 6.45) is 5.37. The van der Waals surface area contributed by atoms with E-state index in [1.165, 1.54) is 37.1 Å². The topological polar surface area (TPSA) is 12.0 Å². The zero-order valence-electron chi connectivity index (χ0n) is 9.75. The van der Waals surface area contributed by atoms with Crippen molar-refractivity contribution >= 4 is 11.3 Å². The average molecular weight is 223 g/mol. The molecule has 1 aliphatic carbocycles. The molecular weight excluding hydrogens is 202 g/mol. The molecule has 2 heteroatoms. The number of rotatable bonds is 4. The number of hydrogen-bond acceptors (Lipinski definition) is 2. The van der Waals surface area contributed by atoms with E-state index in [0.29, 0.717) is 0 Å². The summed E-state index contributed by atoms with van der Waals surface area (Å²) in [6, 6.07) is 3.06. The van der Waals surface area contributed by atoms with Gasteiger partial charge in [0.15, 0.2) is 0 Å². The number of thiophene rings is 1. The lowest BCUT2D eigenvalue weighted by Crippen LogP contribution is -2.31. The summed E-state index contributed by atoms with van der Waals surface area (Å²) in [5.41, 5.74) is 1.60. The molecule has 1 aliphatic rings. The zero-order valence-corrected chi connectivity index (χ0v) is 10.6. The Kier molecular flexibility index (Phi) is 3.81. The second-order valence-electron chi connectivity index (χ2n) is 4.53. The van der Waals surface area contributed by atoms with Crippen molar-refractivity contribution in [2.45, 2.75) is 51.5 Å². The summed E-state index contributed by atoms with van der Waals surface area (Å²) in [5, 5.41) is 5.94. The standard InChI is InChI=1S/C13H21NS/c1-3-8-14-13-6-4-5-12(13)11-7-9-15-10(11)2/h7,9,12-14H,3-6,8H2,1-2H3. The van der Waals surface area contributed by atoms with Crippen molar-refractivity contribution in [2.24, 2.45) is 0 Å². The van der Waals surface area contributed by atoms with E-state index in [2.05, 4.69) is 30.6 Å². The van der Waals surface area contributed by atoms with Gasteiger partial charge in [-0.1, -0.05) is 13.3 Å². The van der Waals surface area contributed by atoms with E-state index in [4.69, 9.17) is 0 Å². The lowest BCUT2D eigenvalue weighted by atomic mass is 9.95. The first kappa shape index (κ1) is 11.2. The molecule has 0 radical (unpaired) electrons. The maximum absolute atomic E-state index is 3.70. The molecule has 0 saturated heterocycles. The molecule has 0 spiro atoms. The van der Waals surface area contributed by atoms with E-state index >= 15 is 0 Å². The van der Waals surface area contributed by atoms with Gasteiger partial charge in [-0.15, -0.1) is 11.3 Å². The Hall–Kier alpha value is -0.340. The van der Waals surface area contributed by atoms with E-state index in [1.807, 2.05) is 11.3 Å². The SMILES string of the molecule is CCCNC1CCCC1c1ccsc1C.